The van der Waals surface area contributed by atoms with Crippen LogP contribution >= 0.6 is 57.8 Å². The molecule has 0 spiro atoms. The fourth-order valence-corrected chi connectivity index (χ4v) is 7.20. The maximum atomic E-state index is 13.0. The average molecular weight is 576 g/mol. The largest absolute Gasteiger partial charge is 0.477 e. The predicted octanol–water partition coefficient (Wildman–Crippen LogP) is 1.10. The highest BCUT2D eigenvalue weighted by Gasteiger charge is 2.54. The van der Waals surface area contributed by atoms with Gasteiger partial charge in [-0.25, -0.2) is 9.78 Å². The van der Waals surface area contributed by atoms with E-state index in [9.17, 15) is 24.3 Å². The zero-order chi connectivity index (χ0) is 25.1. The molecule has 2 atom stereocenters. The molecule has 1 unspecified atom stereocenters. The lowest BCUT2D eigenvalue weighted by molar-refractivity contribution is -0.150. The van der Waals surface area contributed by atoms with Crippen molar-refractivity contribution in [3.8, 4) is 0 Å². The number of anilines is 1. The number of fused-ring (bicyclic) bond motifs is 1. The number of carbonyl (C=O) groups is 4. The van der Waals surface area contributed by atoms with Crippen LogP contribution in [0.1, 0.15) is 5.69 Å². The zero-order valence-electron chi connectivity index (χ0n) is 17.5. The number of aromatic nitrogens is 3. The fourth-order valence-electron chi connectivity index (χ4n) is 3.22. The van der Waals surface area contributed by atoms with Crippen LogP contribution in [0.15, 0.2) is 26.3 Å². The third-order valence-corrected chi connectivity index (χ3v) is 9.11. The van der Waals surface area contributed by atoms with Crippen molar-refractivity contribution in [1.29, 1.82) is 0 Å². The molecule has 2 aliphatic rings. The van der Waals surface area contributed by atoms with Gasteiger partial charge in [0.2, 0.25) is 6.41 Å². The first-order chi connectivity index (χ1) is 16.8. The van der Waals surface area contributed by atoms with Gasteiger partial charge in [0, 0.05) is 11.5 Å². The Morgan fingerprint density at radius 3 is 2.94 bits per heavy atom. The maximum absolute atomic E-state index is 13.0. The second kappa shape index (κ2) is 10.9. The smallest absolute Gasteiger partial charge is 0.352 e. The molecule has 35 heavy (non-hydrogen) atoms. The van der Waals surface area contributed by atoms with Crippen molar-refractivity contribution in [1.82, 2.24) is 25.4 Å². The Morgan fingerprint density at radius 1 is 1.49 bits per heavy atom. The second-order valence-electron chi connectivity index (χ2n) is 6.64. The van der Waals surface area contributed by atoms with Crippen molar-refractivity contribution in [3.05, 3.63) is 26.8 Å². The summed E-state index contributed by atoms with van der Waals surface area (Å²) in [7, 11) is 1.22. The minimum atomic E-state index is -1.23. The number of carboxylic acid groups (broad SMARTS) is 1. The number of thiazole rings is 1. The van der Waals surface area contributed by atoms with Gasteiger partial charge < -0.3 is 20.6 Å². The third kappa shape index (κ3) is 5.13. The molecule has 0 radical (unpaired) electrons. The quantitative estimate of drug-likeness (QED) is 0.121. The lowest BCUT2D eigenvalue weighted by atomic mass is 10.0. The molecule has 3 N–H and O–H groups in total. The number of nitrogens with zero attached hydrogens (tertiary/aromatic N) is 5. The molecule has 184 valence electrons. The molecule has 13 nitrogen and oxygen atoms in total. The molecule has 3 amide bonds. The maximum Gasteiger partial charge on any atom is 0.352 e. The Balaban J connectivity index is 1.50. The molecular weight excluding hydrogens is 562 g/mol. The number of amides is 3. The Bertz CT molecular complexity index is 1230. The molecule has 2 aromatic rings. The highest BCUT2D eigenvalue weighted by atomic mass is 35.5. The van der Waals surface area contributed by atoms with Crippen LogP contribution in [0, 0.1) is 0 Å². The van der Waals surface area contributed by atoms with Crippen LogP contribution < -0.4 is 10.6 Å². The van der Waals surface area contributed by atoms with Crippen LogP contribution in [0.3, 0.4) is 0 Å². The summed E-state index contributed by atoms with van der Waals surface area (Å²) in [5.74, 6) is -1.91. The summed E-state index contributed by atoms with van der Waals surface area (Å²) in [6.07, 6.45) is 0.405. The highest BCUT2D eigenvalue weighted by molar-refractivity contribution is 8.01. The first kappa shape index (κ1) is 25.4. The number of β-lactam (4-membered cyclic amide) rings is 1. The summed E-state index contributed by atoms with van der Waals surface area (Å²) in [6, 6.07) is -0.994. The lowest BCUT2D eigenvalue weighted by Gasteiger charge is -2.49. The molecule has 0 aromatic carbocycles. The minimum Gasteiger partial charge on any atom is -0.477 e. The summed E-state index contributed by atoms with van der Waals surface area (Å²) < 4.78 is 0.758. The Morgan fingerprint density at radius 2 is 2.29 bits per heavy atom. The van der Waals surface area contributed by atoms with Gasteiger partial charge in [-0.2, -0.15) is 0 Å². The van der Waals surface area contributed by atoms with Crippen LogP contribution in [0.4, 0.5) is 5.13 Å². The Hall–Kier alpha value is -2.73. The molecule has 1 fully saturated rings. The molecule has 4 rings (SSSR count). The van der Waals surface area contributed by atoms with Gasteiger partial charge >= 0.3 is 5.97 Å². The Labute approximate surface area is 218 Å². The summed E-state index contributed by atoms with van der Waals surface area (Å²) in [5.41, 5.74) is 1.71. The van der Waals surface area contributed by atoms with Crippen LogP contribution in [-0.2, 0) is 24.0 Å². The minimum absolute atomic E-state index is 0.0394. The number of halogens is 1. The van der Waals surface area contributed by atoms with Gasteiger partial charge in [0.15, 0.2) is 15.2 Å². The molecule has 2 aromatic heterocycles. The number of nitrogens with one attached hydrogen (secondary N) is 2. The summed E-state index contributed by atoms with van der Waals surface area (Å²) >= 11 is 11.1. The molecule has 18 heteroatoms. The van der Waals surface area contributed by atoms with Gasteiger partial charge in [-0.05, 0) is 5.57 Å². The average Bonchev–Trinajstić information content (AvgIpc) is 3.48. The number of carbonyl (C=O) groups excluding carboxylic acids is 3. The number of aliphatic carboxylic acids is 1. The fraction of sp³-hybridized carbons (Fsp3) is 0.294. The van der Waals surface area contributed by atoms with Gasteiger partial charge in [0.05, 0.1) is 0 Å². The number of carboxylic acids is 1. The van der Waals surface area contributed by atoms with Crippen molar-refractivity contribution in [2.24, 2.45) is 5.16 Å². The van der Waals surface area contributed by atoms with E-state index in [4.69, 9.17) is 16.4 Å². The molecule has 4 heterocycles. The molecule has 1 saturated heterocycles. The number of rotatable bonds is 10. The third-order valence-electron chi connectivity index (χ3n) is 4.64. The standard InChI is InChI=1S/C17H14ClN7O6S4/c1-31-24-8(7-11(18)35-16(22-7)19-4-26)12(27)21-9-13(28)25-10(15(29)30)6(2-32-14(9)25)3-33-17-23-20-5-34-17/h4-5,9,14H,2-3H2,1H3,(H,21,27)(H,29,30)(H,19,22,26)/b24-8-/t9?,14-/m1/s1. The van der Waals surface area contributed by atoms with E-state index in [0.717, 1.165) is 11.3 Å². The van der Waals surface area contributed by atoms with Gasteiger partial charge in [-0.1, -0.05) is 51.2 Å². The summed E-state index contributed by atoms with van der Waals surface area (Å²) in [4.78, 5) is 58.5. The van der Waals surface area contributed by atoms with Gasteiger partial charge in [0.25, 0.3) is 11.8 Å². The summed E-state index contributed by atoms with van der Waals surface area (Å²) in [5, 5.41) is 25.5. The van der Waals surface area contributed by atoms with E-state index >= 15 is 0 Å². The van der Waals surface area contributed by atoms with Crippen molar-refractivity contribution in [2.45, 2.75) is 15.8 Å². The predicted molar refractivity (Wildman–Crippen MR) is 131 cm³/mol. The molecule has 0 bridgehead atoms. The van der Waals surface area contributed by atoms with E-state index in [1.54, 1.807) is 5.51 Å². The van der Waals surface area contributed by atoms with Gasteiger partial charge in [-0.3, -0.25) is 19.3 Å². The van der Waals surface area contributed by atoms with Gasteiger partial charge in [-0.15, -0.1) is 22.0 Å². The highest BCUT2D eigenvalue weighted by Crippen LogP contribution is 2.41. The number of hydrogen-bond donors (Lipinski definition) is 3. The normalized spacial score (nSPS) is 19.7. The first-order valence-corrected chi connectivity index (χ1v) is 13.5. The topological polar surface area (TPSA) is 176 Å². The van der Waals surface area contributed by atoms with Gasteiger partial charge in [0.1, 0.15) is 39.8 Å². The van der Waals surface area contributed by atoms with Crippen molar-refractivity contribution < 1.29 is 29.1 Å². The molecule has 2 aliphatic heterocycles. The molecule has 0 aliphatic carbocycles. The number of oxime groups is 1. The van der Waals surface area contributed by atoms with Crippen LogP contribution in [0.2, 0.25) is 4.34 Å². The first-order valence-electron chi connectivity index (χ1n) is 9.43. The van der Waals surface area contributed by atoms with Crippen molar-refractivity contribution >= 4 is 92.8 Å². The van der Waals surface area contributed by atoms with E-state index in [2.05, 4.69) is 31.0 Å². The van der Waals surface area contributed by atoms with E-state index < -0.39 is 29.2 Å². The van der Waals surface area contributed by atoms with E-state index in [0.29, 0.717) is 27.8 Å². The summed E-state index contributed by atoms with van der Waals surface area (Å²) in [6.45, 7) is 0. The van der Waals surface area contributed by atoms with E-state index in [1.165, 1.54) is 46.9 Å². The van der Waals surface area contributed by atoms with Crippen LogP contribution in [-0.4, -0.2) is 85.1 Å². The van der Waals surface area contributed by atoms with Crippen molar-refractivity contribution in [2.75, 3.05) is 23.9 Å². The zero-order valence-corrected chi connectivity index (χ0v) is 21.5. The number of hydrogen-bond acceptors (Lipinski definition) is 13. The molecule has 0 saturated carbocycles. The molecular formula is C17H14ClN7O6S4. The second-order valence-corrected chi connectivity index (χ2v) is 11.4. The SMILES string of the molecule is CO/N=C(\C(=O)NC1C(=O)N2C(C(=O)O)=C(CSc3nncs3)CS[C@H]12)c1nc(NC=O)sc1Cl. The number of thioether (sulfide) groups is 2. The van der Waals surface area contributed by atoms with Crippen LogP contribution in [0.25, 0.3) is 0 Å². The Kier molecular flexibility index (Phi) is 7.90. The van der Waals surface area contributed by atoms with E-state index in [1.807, 2.05) is 0 Å². The monoisotopic (exact) mass is 575 g/mol. The van der Waals surface area contributed by atoms with Crippen LogP contribution in [0.5, 0.6) is 0 Å². The lowest BCUT2D eigenvalue weighted by Crippen LogP contribution is -2.71. The van der Waals surface area contributed by atoms with E-state index in [-0.39, 0.29) is 26.6 Å². The van der Waals surface area contributed by atoms with Crippen molar-refractivity contribution in [3.63, 3.8) is 0 Å².